The van der Waals surface area contributed by atoms with E-state index in [0.29, 0.717) is 5.92 Å². The van der Waals surface area contributed by atoms with E-state index in [0.717, 1.165) is 36.2 Å². The van der Waals surface area contributed by atoms with Crippen molar-refractivity contribution in [2.75, 3.05) is 25.6 Å². The Balaban J connectivity index is 1.67. The Bertz CT molecular complexity index is 609. The van der Waals surface area contributed by atoms with Crippen LogP contribution < -0.4 is 10.1 Å². The summed E-state index contributed by atoms with van der Waals surface area (Å²) >= 11 is 6.20. The first-order valence-corrected chi connectivity index (χ1v) is 7.37. The van der Waals surface area contributed by atoms with Crippen LogP contribution in [0, 0.1) is 0 Å². The maximum Gasteiger partial charge on any atom is 0.118 e. The van der Waals surface area contributed by atoms with Gasteiger partial charge in [0.2, 0.25) is 0 Å². The molecule has 21 heavy (non-hydrogen) atoms. The fourth-order valence-electron chi connectivity index (χ4n) is 2.33. The second-order valence-electron chi connectivity index (χ2n) is 5.21. The predicted molar refractivity (Wildman–Crippen MR) is 85.3 cm³/mol. The highest BCUT2D eigenvalue weighted by Crippen LogP contribution is 2.29. The third-order valence-corrected chi connectivity index (χ3v) is 3.90. The molecule has 3 nitrogen and oxygen atoms in total. The van der Waals surface area contributed by atoms with Crippen LogP contribution in [0.15, 0.2) is 42.5 Å². The molecule has 0 aromatic heterocycles. The second kappa shape index (κ2) is 6.37. The van der Waals surface area contributed by atoms with Gasteiger partial charge in [-0.15, -0.1) is 0 Å². The fourth-order valence-corrected chi connectivity index (χ4v) is 2.57. The van der Waals surface area contributed by atoms with E-state index in [4.69, 9.17) is 21.1 Å². The van der Waals surface area contributed by atoms with Crippen LogP contribution in [0.5, 0.6) is 5.75 Å². The van der Waals surface area contributed by atoms with E-state index in [1.165, 1.54) is 11.1 Å². The van der Waals surface area contributed by atoms with Crippen molar-refractivity contribution >= 4 is 17.3 Å². The molecule has 4 heteroatoms. The molecule has 1 aliphatic rings. The van der Waals surface area contributed by atoms with Crippen molar-refractivity contribution in [1.82, 2.24) is 0 Å². The van der Waals surface area contributed by atoms with Gasteiger partial charge in [0, 0.05) is 23.2 Å². The van der Waals surface area contributed by atoms with Crippen LogP contribution in [0.1, 0.15) is 17.0 Å². The van der Waals surface area contributed by atoms with Crippen LogP contribution in [0.2, 0.25) is 5.02 Å². The van der Waals surface area contributed by atoms with Gasteiger partial charge in [-0.2, -0.15) is 0 Å². The van der Waals surface area contributed by atoms with Gasteiger partial charge in [-0.05, 0) is 41.5 Å². The molecule has 3 rings (SSSR count). The van der Waals surface area contributed by atoms with Gasteiger partial charge in [0.05, 0.1) is 20.3 Å². The molecular weight excluding hydrogens is 286 g/mol. The highest BCUT2D eigenvalue weighted by atomic mass is 35.5. The van der Waals surface area contributed by atoms with E-state index in [1.54, 1.807) is 7.11 Å². The standard InChI is InChI=1S/C17H18ClNO2/c1-20-17-4-2-12(3-5-17)9-19-16-7-13(6-15(18)8-16)14-10-21-11-14/h2-8,14,19H,9-11H2,1H3. The number of rotatable bonds is 5. The minimum atomic E-state index is 0.477. The van der Waals surface area contributed by atoms with Crippen LogP contribution in [0.25, 0.3) is 0 Å². The second-order valence-corrected chi connectivity index (χ2v) is 5.65. The van der Waals surface area contributed by atoms with E-state index in [-0.39, 0.29) is 0 Å². The zero-order valence-electron chi connectivity index (χ0n) is 11.9. The Morgan fingerprint density at radius 2 is 1.95 bits per heavy atom. The molecule has 0 amide bonds. The summed E-state index contributed by atoms with van der Waals surface area (Å²) in [5.74, 6) is 1.35. The van der Waals surface area contributed by atoms with E-state index < -0.39 is 0 Å². The number of anilines is 1. The largest absolute Gasteiger partial charge is 0.497 e. The van der Waals surface area contributed by atoms with Crippen molar-refractivity contribution in [3.63, 3.8) is 0 Å². The zero-order valence-corrected chi connectivity index (χ0v) is 12.7. The Labute approximate surface area is 129 Å². The summed E-state index contributed by atoms with van der Waals surface area (Å²) in [6.45, 7) is 2.33. The van der Waals surface area contributed by atoms with Crippen molar-refractivity contribution < 1.29 is 9.47 Å². The van der Waals surface area contributed by atoms with Crippen molar-refractivity contribution in [3.05, 3.63) is 58.6 Å². The maximum absolute atomic E-state index is 6.20. The van der Waals surface area contributed by atoms with Gasteiger partial charge in [-0.1, -0.05) is 23.7 Å². The molecule has 1 N–H and O–H groups in total. The lowest BCUT2D eigenvalue weighted by Crippen LogP contribution is -2.25. The molecule has 1 saturated heterocycles. The number of nitrogens with one attached hydrogen (secondary N) is 1. The number of ether oxygens (including phenoxy) is 2. The summed E-state index contributed by atoms with van der Waals surface area (Å²) in [6.07, 6.45) is 0. The summed E-state index contributed by atoms with van der Waals surface area (Å²) in [6, 6.07) is 14.2. The molecule has 1 aliphatic heterocycles. The van der Waals surface area contributed by atoms with Gasteiger partial charge in [0.25, 0.3) is 0 Å². The number of halogens is 1. The topological polar surface area (TPSA) is 30.5 Å². The van der Waals surface area contributed by atoms with Gasteiger partial charge in [0.15, 0.2) is 0 Å². The summed E-state index contributed by atoms with van der Waals surface area (Å²) < 4.78 is 10.4. The lowest BCUT2D eigenvalue weighted by molar-refractivity contribution is 0.00845. The molecule has 1 heterocycles. The highest BCUT2D eigenvalue weighted by molar-refractivity contribution is 6.30. The molecule has 0 radical (unpaired) electrons. The number of methoxy groups -OCH3 is 1. The Hall–Kier alpha value is -1.71. The third-order valence-electron chi connectivity index (χ3n) is 3.69. The summed E-state index contributed by atoms with van der Waals surface area (Å²) in [7, 11) is 1.67. The minimum absolute atomic E-state index is 0.477. The number of hydrogen-bond donors (Lipinski definition) is 1. The molecule has 2 aromatic carbocycles. The maximum atomic E-state index is 6.20. The minimum Gasteiger partial charge on any atom is -0.497 e. The average Bonchev–Trinajstić information content (AvgIpc) is 2.43. The van der Waals surface area contributed by atoms with Crippen molar-refractivity contribution in [1.29, 1.82) is 0 Å². The smallest absolute Gasteiger partial charge is 0.118 e. The molecule has 0 atom stereocenters. The predicted octanol–water partition coefficient (Wildman–Crippen LogP) is 4.07. The molecule has 1 fully saturated rings. The fraction of sp³-hybridized carbons (Fsp3) is 0.294. The average molecular weight is 304 g/mol. The third kappa shape index (κ3) is 3.49. The molecular formula is C17H18ClNO2. The monoisotopic (exact) mass is 303 g/mol. The molecule has 0 bridgehead atoms. The van der Waals surface area contributed by atoms with Crippen molar-refractivity contribution in [2.45, 2.75) is 12.5 Å². The van der Waals surface area contributed by atoms with Crippen LogP contribution in [0.4, 0.5) is 5.69 Å². The van der Waals surface area contributed by atoms with Gasteiger partial charge in [0.1, 0.15) is 5.75 Å². The van der Waals surface area contributed by atoms with Gasteiger partial charge in [-0.25, -0.2) is 0 Å². The Kier molecular flexibility index (Phi) is 4.32. The number of hydrogen-bond acceptors (Lipinski definition) is 3. The lowest BCUT2D eigenvalue weighted by Gasteiger charge is -2.27. The first kappa shape index (κ1) is 14.2. The van der Waals surface area contributed by atoms with E-state index in [9.17, 15) is 0 Å². The van der Waals surface area contributed by atoms with E-state index in [2.05, 4.69) is 23.5 Å². The molecule has 0 unspecified atom stereocenters. The van der Waals surface area contributed by atoms with Crippen LogP contribution in [-0.2, 0) is 11.3 Å². The van der Waals surface area contributed by atoms with E-state index >= 15 is 0 Å². The lowest BCUT2D eigenvalue weighted by atomic mass is 9.97. The normalized spacial score (nSPS) is 14.6. The SMILES string of the molecule is COc1ccc(CNc2cc(Cl)cc(C3COC3)c2)cc1. The van der Waals surface area contributed by atoms with Crippen molar-refractivity contribution in [3.8, 4) is 5.75 Å². The van der Waals surface area contributed by atoms with Gasteiger partial charge < -0.3 is 14.8 Å². The molecule has 0 aliphatic carbocycles. The van der Waals surface area contributed by atoms with Crippen molar-refractivity contribution in [2.24, 2.45) is 0 Å². The molecule has 0 saturated carbocycles. The summed E-state index contributed by atoms with van der Waals surface area (Å²) in [5, 5.41) is 4.18. The first-order chi connectivity index (χ1) is 10.2. The molecule has 2 aromatic rings. The van der Waals surface area contributed by atoms with Crippen LogP contribution >= 0.6 is 11.6 Å². The molecule has 110 valence electrons. The quantitative estimate of drug-likeness (QED) is 0.903. The van der Waals surface area contributed by atoms with Gasteiger partial charge >= 0.3 is 0 Å². The summed E-state index contributed by atoms with van der Waals surface area (Å²) in [5.41, 5.74) is 3.48. The Morgan fingerprint density at radius 1 is 1.19 bits per heavy atom. The summed E-state index contributed by atoms with van der Waals surface area (Å²) in [4.78, 5) is 0. The van der Waals surface area contributed by atoms with Crippen LogP contribution in [0.3, 0.4) is 0 Å². The first-order valence-electron chi connectivity index (χ1n) is 6.99. The van der Waals surface area contributed by atoms with E-state index in [1.807, 2.05) is 24.3 Å². The Morgan fingerprint density at radius 3 is 2.57 bits per heavy atom. The number of benzene rings is 2. The highest BCUT2D eigenvalue weighted by Gasteiger charge is 2.21. The van der Waals surface area contributed by atoms with Gasteiger partial charge in [-0.3, -0.25) is 0 Å². The zero-order chi connectivity index (χ0) is 14.7. The molecule has 0 spiro atoms. The van der Waals surface area contributed by atoms with Crippen LogP contribution in [-0.4, -0.2) is 20.3 Å².